The van der Waals surface area contributed by atoms with Crippen LogP contribution in [-0.4, -0.2) is 37.7 Å². The molecule has 1 unspecified atom stereocenters. The molecule has 2 rings (SSSR count). The molecule has 1 aliphatic rings. The maximum absolute atomic E-state index is 6.12. The van der Waals surface area contributed by atoms with Crippen molar-refractivity contribution >= 4 is 11.6 Å². The summed E-state index contributed by atoms with van der Waals surface area (Å²) in [5.74, 6) is 0.929. The summed E-state index contributed by atoms with van der Waals surface area (Å²) in [7, 11) is 1.72. The number of nitrogens with zero attached hydrogens (tertiary/aromatic N) is 1. The number of rotatable bonds is 5. The zero-order chi connectivity index (χ0) is 14.4. The van der Waals surface area contributed by atoms with Crippen LogP contribution in [0.3, 0.4) is 0 Å². The van der Waals surface area contributed by atoms with Gasteiger partial charge >= 0.3 is 0 Å². The van der Waals surface area contributed by atoms with E-state index in [4.69, 9.17) is 16.3 Å². The van der Waals surface area contributed by atoms with Crippen LogP contribution in [-0.2, 0) is 6.54 Å². The van der Waals surface area contributed by atoms with E-state index in [-0.39, 0.29) is 0 Å². The molecule has 20 heavy (non-hydrogen) atoms. The smallest absolute Gasteiger partial charge is 0.123 e. The fraction of sp³-hybridized carbons (Fsp3) is 0.625. The van der Waals surface area contributed by atoms with Gasteiger partial charge in [0.25, 0.3) is 0 Å². The largest absolute Gasteiger partial charge is 0.496 e. The van der Waals surface area contributed by atoms with Gasteiger partial charge in [0.15, 0.2) is 0 Å². The second-order valence-electron chi connectivity index (χ2n) is 5.48. The van der Waals surface area contributed by atoms with E-state index in [1.807, 2.05) is 18.2 Å². The normalized spacial score (nSPS) is 20.6. The fourth-order valence-electron chi connectivity index (χ4n) is 2.87. The van der Waals surface area contributed by atoms with Crippen molar-refractivity contribution in [3.05, 3.63) is 28.8 Å². The molecule has 1 heterocycles. The van der Waals surface area contributed by atoms with Gasteiger partial charge < -0.3 is 10.1 Å². The molecular weight excluding hydrogens is 272 g/mol. The Kier molecular flexibility index (Phi) is 6.14. The van der Waals surface area contributed by atoms with Crippen LogP contribution in [0.4, 0.5) is 0 Å². The summed E-state index contributed by atoms with van der Waals surface area (Å²) < 4.78 is 5.45. The summed E-state index contributed by atoms with van der Waals surface area (Å²) in [4.78, 5) is 2.51. The second-order valence-corrected chi connectivity index (χ2v) is 5.92. The van der Waals surface area contributed by atoms with Crippen LogP contribution >= 0.6 is 11.6 Å². The number of hydrogen-bond acceptors (Lipinski definition) is 3. The Morgan fingerprint density at radius 2 is 2.30 bits per heavy atom. The highest BCUT2D eigenvalue weighted by molar-refractivity contribution is 6.30. The zero-order valence-electron chi connectivity index (χ0n) is 12.5. The lowest BCUT2D eigenvalue weighted by atomic mass is 10.1. The molecule has 1 saturated heterocycles. The monoisotopic (exact) mass is 296 g/mol. The quantitative estimate of drug-likeness (QED) is 0.902. The van der Waals surface area contributed by atoms with Gasteiger partial charge in [-0.25, -0.2) is 0 Å². The first kappa shape index (κ1) is 15.6. The molecule has 3 nitrogen and oxygen atoms in total. The van der Waals surface area contributed by atoms with E-state index in [9.17, 15) is 0 Å². The Morgan fingerprint density at radius 3 is 3.05 bits per heavy atom. The van der Waals surface area contributed by atoms with Crippen molar-refractivity contribution in [2.24, 2.45) is 0 Å². The Labute approximate surface area is 127 Å². The average molecular weight is 297 g/mol. The lowest BCUT2D eigenvalue weighted by molar-refractivity contribution is 0.251. The van der Waals surface area contributed by atoms with Gasteiger partial charge in [0.1, 0.15) is 5.75 Å². The molecule has 0 saturated carbocycles. The van der Waals surface area contributed by atoms with Crippen LogP contribution in [0.5, 0.6) is 5.75 Å². The Hall–Kier alpha value is -0.770. The summed E-state index contributed by atoms with van der Waals surface area (Å²) >= 11 is 6.12. The summed E-state index contributed by atoms with van der Waals surface area (Å²) in [6.07, 6.45) is 3.66. The molecule has 0 spiro atoms. The average Bonchev–Trinajstić information content (AvgIpc) is 2.65. The Morgan fingerprint density at radius 1 is 1.45 bits per heavy atom. The van der Waals surface area contributed by atoms with Crippen molar-refractivity contribution in [3.8, 4) is 5.75 Å². The SMILES string of the molecule is CCCC1CN(Cc2cc(Cl)ccc2OC)CCCN1. The number of benzene rings is 1. The van der Waals surface area contributed by atoms with Gasteiger partial charge in [-0.05, 0) is 44.1 Å². The molecule has 1 fully saturated rings. The molecule has 0 bridgehead atoms. The van der Waals surface area contributed by atoms with E-state index in [0.717, 1.165) is 37.0 Å². The molecular formula is C16H25ClN2O. The Balaban J connectivity index is 2.05. The first-order valence-electron chi connectivity index (χ1n) is 7.51. The summed E-state index contributed by atoms with van der Waals surface area (Å²) in [6, 6.07) is 6.46. The van der Waals surface area contributed by atoms with E-state index in [1.165, 1.54) is 24.8 Å². The third-order valence-corrected chi connectivity index (χ3v) is 4.07. The first-order chi connectivity index (χ1) is 9.72. The maximum atomic E-state index is 6.12. The predicted octanol–water partition coefficient (Wildman–Crippen LogP) is 3.31. The molecule has 0 amide bonds. The highest BCUT2D eigenvalue weighted by atomic mass is 35.5. The molecule has 0 radical (unpaired) electrons. The van der Waals surface area contributed by atoms with E-state index < -0.39 is 0 Å². The minimum absolute atomic E-state index is 0.604. The van der Waals surface area contributed by atoms with Crippen molar-refractivity contribution in [3.63, 3.8) is 0 Å². The zero-order valence-corrected chi connectivity index (χ0v) is 13.2. The molecule has 1 aromatic carbocycles. The van der Waals surface area contributed by atoms with Gasteiger partial charge in [-0.15, -0.1) is 0 Å². The molecule has 1 N–H and O–H groups in total. The van der Waals surface area contributed by atoms with Gasteiger partial charge in [-0.3, -0.25) is 4.90 Å². The standard InChI is InChI=1S/C16H25ClN2O/c1-3-5-15-12-19(9-4-8-18-15)11-13-10-14(17)6-7-16(13)20-2/h6-7,10,15,18H,3-5,8-9,11-12H2,1-2H3. The van der Waals surface area contributed by atoms with Gasteiger partial charge in [0.2, 0.25) is 0 Å². The summed E-state index contributed by atoms with van der Waals surface area (Å²) in [5, 5.41) is 4.42. The van der Waals surface area contributed by atoms with Gasteiger partial charge in [0, 0.05) is 29.7 Å². The fourth-order valence-corrected chi connectivity index (χ4v) is 3.07. The highest BCUT2D eigenvalue weighted by Crippen LogP contribution is 2.24. The molecule has 4 heteroatoms. The number of ether oxygens (including phenoxy) is 1. The van der Waals surface area contributed by atoms with E-state index in [1.54, 1.807) is 7.11 Å². The molecule has 112 valence electrons. The van der Waals surface area contributed by atoms with Crippen LogP contribution in [0.2, 0.25) is 5.02 Å². The van der Waals surface area contributed by atoms with Crippen molar-refractivity contribution in [1.82, 2.24) is 10.2 Å². The minimum atomic E-state index is 0.604. The lowest BCUT2D eigenvalue weighted by Gasteiger charge is -2.25. The maximum Gasteiger partial charge on any atom is 0.123 e. The molecule has 1 aromatic rings. The minimum Gasteiger partial charge on any atom is -0.496 e. The van der Waals surface area contributed by atoms with Crippen molar-refractivity contribution in [1.29, 1.82) is 0 Å². The van der Waals surface area contributed by atoms with Crippen LogP contribution in [0.25, 0.3) is 0 Å². The topological polar surface area (TPSA) is 24.5 Å². The van der Waals surface area contributed by atoms with E-state index >= 15 is 0 Å². The Bertz CT molecular complexity index is 425. The summed E-state index contributed by atoms with van der Waals surface area (Å²) in [6.45, 7) is 6.50. The van der Waals surface area contributed by atoms with Crippen LogP contribution in [0, 0.1) is 0 Å². The molecule has 0 aliphatic carbocycles. The van der Waals surface area contributed by atoms with Crippen LogP contribution in [0.15, 0.2) is 18.2 Å². The molecule has 1 atom stereocenters. The predicted molar refractivity (Wildman–Crippen MR) is 84.6 cm³/mol. The van der Waals surface area contributed by atoms with Crippen molar-refractivity contribution < 1.29 is 4.74 Å². The number of nitrogens with one attached hydrogen (secondary N) is 1. The summed E-state index contributed by atoms with van der Waals surface area (Å²) in [5.41, 5.74) is 1.18. The number of hydrogen-bond donors (Lipinski definition) is 1. The number of halogens is 1. The molecule has 0 aromatic heterocycles. The second kappa shape index (κ2) is 7.87. The first-order valence-corrected chi connectivity index (χ1v) is 7.89. The number of methoxy groups -OCH3 is 1. The third kappa shape index (κ3) is 4.37. The van der Waals surface area contributed by atoms with Gasteiger partial charge in [0.05, 0.1) is 7.11 Å². The molecule has 1 aliphatic heterocycles. The van der Waals surface area contributed by atoms with Crippen LogP contribution in [0.1, 0.15) is 31.7 Å². The third-order valence-electron chi connectivity index (χ3n) is 3.84. The van der Waals surface area contributed by atoms with Crippen molar-refractivity contribution in [2.45, 2.75) is 38.8 Å². The van der Waals surface area contributed by atoms with Crippen molar-refractivity contribution in [2.75, 3.05) is 26.7 Å². The van der Waals surface area contributed by atoms with Gasteiger partial charge in [-0.1, -0.05) is 24.9 Å². The van der Waals surface area contributed by atoms with Crippen LogP contribution < -0.4 is 10.1 Å². The lowest BCUT2D eigenvalue weighted by Crippen LogP contribution is -2.37. The van der Waals surface area contributed by atoms with Gasteiger partial charge in [-0.2, -0.15) is 0 Å². The van der Waals surface area contributed by atoms with E-state index in [2.05, 4.69) is 17.1 Å². The van der Waals surface area contributed by atoms with E-state index in [0.29, 0.717) is 6.04 Å². The highest BCUT2D eigenvalue weighted by Gasteiger charge is 2.18.